The Labute approximate surface area is 56.0 Å². The Morgan fingerprint density at radius 1 is 1.25 bits per heavy atom. The number of hydrogen-bond donors (Lipinski definition) is 0. The molecule has 33 valence electrons. The van der Waals surface area contributed by atoms with E-state index in [-0.39, 0.29) is 17.0 Å². The van der Waals surface area contributed by atoms with Crippen molar-refractivity contribution in [2.24, 2.45) is 0 Å². The van der Waals surface area contributed by atoms with E-state index in [1.807, 2.05) is 0 Å². The first-order chi connectivity index (χ1) is 1.41. The van der Waals surface area contributed by atoms with Gasteiger partial charge >= 0.3 is 39.6 Å². The summed E-state index contributed by atoms with van der Waals surface area (Å²) >= 11 is 7.38. The Bertz CT molecular complexity index is 3.25. The van der Waals surface area contributed by atoms with Crippen molar-refractivity contribution in [3.63, 3.8) is 0 Å². The minimum absolute atomic E-state index is 0. The van der Waals surface area contributed by atoms with Gasteiger partial charge in [-0.2, -0.15) is 0 Å². The van der Waals surface area contributed by atoms with E-state index in [0.29, 0.717) is 0 Å². The van der Waals surface area contributed by atoms with Crippen molar-refractivity contribution < 1.29 is 11.3 Å². The quantitative estimate of drug-likeness (QED) is 0.602. The normalized spacial score (nSPS) is 5.50. The van der Waals surface area contributed by atoms with Crippen LogP contribution in [-0.2, 0) is 11.3 Å². The topological polar surface area (TPSA) is 0 Å². The van der Waals surface area contributed by atoms with E-state index in [1.165, 1.54) is 11.3 Å². The summed E-state index contributed by atoms with van der Waals surface area (Å²) in [5, 5.41) is 0. The van der Waals surface area contributed by atoms with Gasteiger partial charge in [0, 0.05) is 0 Å². The third kappa shape index (κ3) is 9.03. The van der Waals surface area contributed by atoms with Crippen molar-refractivity contribution in [2.45, 2.75) is 0 Å². The van der Waals surface area contributed by atoms with Gasteiger partial charge in [-0.05, 0) is 0 Å². The monoisotopic (exact) mass is 301 g/mol. The average Bonchev–Trinajstić information content (AvgIpc) is 0.918. The van der Waals surface area contributed by atoms with Crippen LogP contribution >= 0.6 is 45.2 Å². The van der Waals surface area contributed by atoms with Crippen molar-refractivity contribution in [3.05, 3.63) is 0 Å². The zero-order valence-corrected chi connectivity index (χ0v) is 7.29. The molecular formula is HBr3Cu. The summed E-state index contributed by atoms with van der Waals surface area (Å²) in [6.07, 6.45) is 0. The SMILES string of the molecule is Br.[Br][Cu][Br]. The van der Waals surface area contributed by atoms with Gasteiger partial charge in [0.1, 0.15) is 0 Å². The summed E-state index contributed by atoms with van der Waals surface area (Å²) in [4.78, 5) is 0. The second-order valence-corrected chi connectivity index (χ2v) is 4.80. The molecule has 4 heteroatoms. The molecule has 0 spiro atoms. The van der Waals surface area contributed by atoms with Crippen LogP contribution in [0.5, 0.6) is 0 Å². The van der Waals surface area contributed by atoms with Crippen LogP contribution in [0.3, 0.4) is 0 Å². The molecule has 0 rings (SSSR count). The van der Waals surface area contributed by atoms with E-state index >= 15 is 0 Å². The number of rotatable bonds is 0. The zero-order chi connectivity index (χ0) is 2.71. The van der Waals surface area contributed by atoms with E-state index in [1.54, 1.807) is 0 Å². The molecule has 0 radical (unpaired) electrons. The Morgan fingerprint density at radius 2 is 1.25 bits per heavy atom. The molecule has 0 atom stereocenters. The molecule has 0 fully saturated rings. The van der Waals surface area contributed by atoms with Crippen molar-refractivity contribution in [1.29, 1.82) is 0 Å². The molecule has 0 saturated carbocycles. The summed E-state index contributed by atoms with van der Waals surface area (Å²) in [5.74, 6) is 0. The Hall–Kier alpha value is 1.96. The summed E-state index contributed by atoms with van der Waals surface area (Å²) in [6.45, 7) is 0. The second kappa shape index (κ2) is 8.88. The summed E-state index contributed by atoms with van der Waals surface area (Å²) < 4.78 is 0. The first kappa shape index (κ1) is 9.35. The van der Waals surface area contributed by atoms with Gasteiger partial charge in [0.2, 0.25) is 0 Å². The van der Waals surface area contributed by atoms with Gasteiger partial charge in [-0.1, -0.05) is 0 Å². The molecule has 0 nitrogen and oxygen atoms in total. The molecule has 0 unspecified atom stereocenters. The van der Waals surface area contributed by atoms with Gasteiger partial charge in [-0.15, -0.1) is 17.0 Å². The van der Waals surface area contributed by atoms with Crippen LogP contribution in [0.4, 0.5) is 0 Å². The van der Waals surface area contributed by atoms with E-state index in [9.17, 15) is 0 Å². The fourth-order valence-electron chi connectivity index (χ4n) is 0. The van der Waals surface area contributed by atoms with Crippen LogP contribution in [0.15, 0.2) is 0 Å². The number of hydrogen-bond acceptors (Lipinski definition) is 0. The Kier molecular flexibility index (Phi) is 20.8. The molecular weight excluding hydrogens is 303 g/mol. The van der Waals surface area contributed by atoms with Gasteiger partial charge in [-0.3, -0.25) is 0 Å². The molecule has 0 heterocycles. The second-order valence-electron chi connectivity index (χ2n) is 0.0431. The van der Waals surface area contributed by atoms with Crippen LogP contribution in [0.25, 0.3) is 0 Å². The molecule has 0 aliphatic carbocycles. The zero-order valence-electron chi connectivity index (χ0n) is 1.47. The molecule has 0 aromatic carbocycles. The van der Waals surface area contributed by atoms with Crippen molar-refractivity contribution in [2.75, 3.05) is 0 Å². The minimum atomic E-state index is 0. The van der Waals surface area contributed by atoms with Gasteiger partial charge in [0.15, 0.2) is 0 Å². The summed E-state index contributed by atoms with van der Waals surface area (Å²) in [7, 11) is 0. The molecule has 0 aromatic rings. The maximum atomic E-state index is 2.97. The van der Waals surface area contributed by atoms with Crippen LogP contribution in [0.2, 0.25) is 0 Å². The van der Waals surface area contributed by atoms with Gasteiger partial charge in [0.25, 0.3) is 0 Å². The third-order valence-corrected chi connectivity index (χ3v) is 0. The van der Waals surface area contributed by atoms with E-state index in [0.717, 1.165) is 0 Å². The van der Waals surface area contributed by atoms with Crippen LogP contribution in [0.1, 0.15) is 0 Å². The van der Waals surface area contributed by atoms with Gasteiger partial charge in [0.05, 0.1) is 0 Å². The average molecular weight is 304 g/mol. The molecule has 4 heavy (non-hydrogen) atoms. The van der Waals surface area contributed by atoms with E-state index in [2.05, 4.69) is 28.2 Å². The predicted octanol–water partition coefficient (Wildman–Crippen LogP) is 2.27. The van der Waals surface area contributed by atoms with E-state index in [4.69, 9.17) is 0 Å². The maximum absolute atomic E-state index is 2.97. The predicted molar refractivity (Wildman–Crippen MR) is 28.2 cm³/mol. The van der Waals surface area contributed by atoms with Crippen molar-refractivity contribution >= 4 is 45.2 Å². The fourth-order valence-corrected chi connectivity index (χ4v) is 0. The molecule has 0 aliphatic rings. The Balaban J connectivity index is 0. The van der Waals surface area contributed by atoms with Gasteiger partial charge in [-0.25, -0.2) is 0 Å². The molecule has 0 aromatic heterocycles. The molecule has 0 saturated heterocycles. The standard InChI is InChI=1S/3BrH.Cu/h3*1H;/q;;;+2/p-2. The van der Waals surface area contributed by atoms with Crippen molar-refractivity contribution in [1.82, 2.24) is 0 Å². The summed E-state index contributed by atoms with van der Waals surface area (Å²) in [5.41, 5.74) is 0. The first-order valence-corrected chi connectivity index (χ1v) is 4.88. The van der Waals surface area contributed by atoms with Crippen LogP contribution in [0, 0.1) is 0 Å². The Morgan fingerprint density at radius 3 is 1.25 bits per heavy atom. The molecule has 0 N–H and O–H groups in total. The number of halogens is 3. The third-order valence-electron chi connectivity index (χ3n) is 0. The van der Waals surface area contributed by atoms with Gasteiger partial charge < -0.3 is 0 Å². The molecule has 0 aliphatic heterocycles. The summed E-state index contributed by atoms with van der Waals surface area (Å²) in [6, 6.07) is 0. The molecule has 0 amide bonds. The fraction of sp³-hybridized carbons (Fsp3) is 0. The van der Waals surface area contributed by atoms with E-state index < -0.39 is 0 Å². The first-order valence-electron chi connectivity index (χ1n) is 0.228. The van der Waals surface area contributed by atoms with Crippen LogP contribution < -0.4 is 0 Å². The molecule has 0 bridgehead atoms. The van der Waals surface area contributed by atoms with Crippen LogP contribution in [-0.4, -0.2) is 0 Å². The van der Waals surface area contributed by atoms with Crippen molar-refractivity contribution in [3.8, 4) is 0 Å².